The zero-order chi connectivity index (χ0) is 19.5. The predicted molar refractivity (Wildman–Crippen MR) is 122 cm³/mol. The lowest BCUT2D eigenvalue weighted by Gasteiger charge is -2.24. The quantitative estimate of drug-likeness (QED) is 0.505. The van der Waals surface area contributed by atoms with Crippen molar-refractivity contribution in [2.45, 2.75) is 12.5 Å². The summed E-state index contributed by atoms with van der Waals surface area (Å²) in [5, 5.41) is 7.20. The molecule has 0 amide bonds. The Morgan fingerprint density at radius 2 is 1.41 bits per heavy atom. The number of nitrogens with zero attached hydrogens (tertiary/aromatic N) is 2. The Morgan fingerprint density at radius 1 is 0.759 bits per heavy atom. The number of hydrazone groups is 1. The van der Waals surface area contributed by atoms with Crippen molar-refractivity contribution >= 4 is 17.5 Å². The summed E-state index contributed by atoms with van der Waals surface area (Å²) >= 11 is 0. The van der Waals surface area contributed by atoms with Crippen molar-refractivity contribution in [3.63, 3.8) is 0 Å². The number of hydrogen-bond donors (Lipinski definition) is 0. The minimum absolute atomic E-state index is 0.205. The van der Waals surface area contributed by atoms with E-state index in [0.717, 1.165) is 17.8 Å². The summed E-state index contributed by atoms with van der Waals surface area (Å²) in [6.45, 7) is 0. The Kier molecular flexibility index (Phi) is 4.67. The molecule has 29 heavy (non-hydrogen) atoms. The van der Waals surface area contributed by atoms with Crippen LogP contribution in [0.25, 0.3) is 6.08 Å². The fourth-order valence-electron chi connectivity index (χ4n) is 3.89. The number of benzene rings is 3. The minimum Gasteiger partial charge on any atom is -0.257 e. The molecule has 0 radical (unpaired) electrons. The Balaban J connectivity index is 1.49. The molecule has 1 aliphatic carbocycles. The van der Waals surface area contributed by atoms with Crippen LogP contribution >= 0.6 is 0 Å². The zero-order valence-corrected chi connectivity index (χ0v) is 16.1. The third-order valence-electron chi connectivity index (χ3n) is 5.38. The smallest absolute Gasteiger partial charge is 0.0831 e. The molecule has 3 aromatic rings. The molecule has 0 saturated heterocycles. The molecular formula is C27H22N2. The average Bonchev–Trinajstić information content (AvgIpc) is 3.46. The molecule has 3 aromatic carbocycles. The van der Waals surface area contributed by atoms with Gasteiger partial charge < -0.3 is 0 Å². The van der Waals surface area contributed by atoms with Gasteiger partial charge in [-0.05, 0) is 40.5 Å². The fourth-order valence-corrected chi connectivity index (χ4v) is 3.89. The van der Waals surface area contributed by atoms with E-state index in [0.29, 0.717) is 0 Å². The SMILES string of the molecule is C1=CC(=Cc2ccc(N3N=C(c4ccccc4)C[C@H]3c3ccccc3)cc2)C=C1. The highest BCUT2D eigenvalue weighted by Crippen LogP contribution is 2.36. The van der Waals surface area contributed by atoms with Crippen LogP contribution in [0.5, 0.6) is 0 Å². The summed E-state index contributed by atoms with van der Waals surface area (Å²) in [4.78, 5) is 0. The molecule has 0 fully saturated rings. The molecule has 2 aliphatic rings. The fraction of sp³-hybridized carbons (Fsp3) is 0.0741. The lowest BCUT2D eigenvalue weighted by atomic mass is 9.98. The molecule has 2 heteroatoms. The van der Waals surface area contributed by atoms with Gasteiger partial charge in [0.15, 0.2) is 0 Å². The molecule has 1 heterocycles. The van der Waals surface area contributed by atoms with Gasteiger partial charge in [-0.2, -0.15) is 5.10 Å². The first-order valence-electron chi connectivity index (χ1n) is 10.0. The van der Waals surface area contributed by atoms with E-state index < -0.39 is 0 Å². The number of anilines is 1. The molecule has 0 saturated carbocycles. The normalized spacial score (nSPS) is 17.7. The summed E-state index contributed by atoms with van der Waals surface area (Å²) in [5.74, 6) is 0. The summed E-state index contributed by atoms with van der Waals surface area (Å²) in [5.41, 5.74) is 7.15. The number of hydrogen-bond acceptors (Lipinski definition) is 2. The third-order valence-corrected chi connectivity index (χ3v) is 5.38. The van der Waals surface area contributed by atoms with Crippen LogP contribution in [-0.4, -0.2) is 5.71 Å². The van der Waals surface area contributed by atoms with Crippen LogP contribution in [0.15, 0.2) is 120 Å². The third kappa shape index (κ3) is 3.70. The zero-order valence-electron chi connectivity index (χ0n) is 16.1. The van der Waals surface area contributed by atoms with Gasteiger partial charge in [-0.1, -0.05) is 97.1 Å². The molecule has 0 unspecified atom stereocenters. The van der Waals surface area contributed by atoms with Crippen LogP contribution in [0.3, 0.4) is 0 Å². The second-order valence-corrected chi connectivity index (χ2v) is 7.34. The summed E-state index contributed by atoms with van der Waals surface area (Å²) in [6.07, 6.45) is 11.5. The molecule has 0 aromatic heterocycles. The van der Waals surface area contributed by atoms with Crippen molar-refractivity contribution in [3.8, 4) is 0 Å². The molecule has 2 nitrogen and oxygen atoms in total. The van der Waals surface area contributed by atoms with Gasteiger partial charge in [-0.15, -0.1) is 0 Å². The van der Waals surface area contributed by atoms with E-state index in [1.54, 1.807) is 0 Å². The maximum Gasteiger partial charge on any atom is 0.0831 e. The van der Waals surface area contributed by atoms with Crippen LogP contribution in [0.1, 0.15) is 29.2 Å². The highest BCUT2D eigenvalue weighted by molar-refractivity contribution is 6.03. The van der Waals surface area contributed by atoms with Gasteiger partial charge in [-0.25, -0.2) is 0 Å². The molecule has 1 aliphatic heterocycles. The van der Waals surface area contributed by atoms with E-state index >= 15 is 0 Å². The van der Waals surface area contributed by atoms with Crippen LogP contribution in [-0.2, 0) is 0 Å². The highest BCUT2D eigenvalue weighted by atomic mass is 15.5. The van der Waals surface area contributed by atoms with Crippen molar-refractivity contribution < 1.29 is 0 Å². The molecular weight excluding hydrogens is 352 g/mol. The predicted octanol–water partition coefficient (Wildman–Crippen LogP) is 6.55. The standard InChI is InChI=1S/C27H22N2/c1-3-11-23(12-4-1)26-20-27(24-13-5-2-6-14-24)29(28-26)25-17-15-22(16-18-25)19-21-9-7-8-10-21/h1-19,27H,20H2/t27-/m0/s1. The molecule has 0 N–H and O–H groups in total. The van der Waals surface area contributed by atoms with Gasteiger partial charge in [0.05, 0.1) is 17.4 Å². The minimum atomic E-state index is 0.205. The second kappa shape index (κ2) is 7.76. The summed E-state index contributed by atoms with van der Waals surface area (Å²) in [6, 6.07) is 30.0. The van der Waals surface area contributed by atoms with E-state index in [-0.39, 0.29) is 6.04 Å². The van der Waals surface area contributed by atoms with Crippen LogP contribution < -0.4 is 5.01 Å². The topological polar surface area (TPSA) is 15.6 Å². The van der Waals surface area contributed by atoms with Crippen molar-refractivity contribution in [1.82, 2.24) is 0 Å². The summed E-state index contributed by atoms with van der Waals surface area (Å²) < 4.78 is 0. The van der Waals surface area contributed by atoms with Gasteiger partial charge >= 0.3 is 0 Å². The van der Waals surface area contributed by atoms with E-state index in [1.165, 1.54) is 22.3 Å². The second-order valence-electron chi connectivity index (χ2n) is 7.34. The Hall–Kier alpha value is -3.65. The maximum atomic E-state index is 5.03. The first-order valence-corrected chi connectivity index (χ1v) is 10.0. The van der Waals surface area contributed by atoms with Crippen molar-refractivity contribution in [2.75, 3.05) is 5.01 Å². The highest BCUT2D eigenvalue weighted by Gasteiger charge is 2.29. The Bertz CT molecular complexity index is 1090. The number of rotatable bonds is 4. The van der Waals surface area contributed by atoms with Crippen LogP contribution in [0.4, 0.5) is 5.69 Å². The largest absolute Gasteiger partial charge is 0.257 e. The first kappa shape index (κ1) is 17.4. The summed E-state index contributed by atoms with van der Waals surface area (Å²) in [7, 11) is 0. The first-order chi connectivity index (χ1) is 14.4. The van der Waals surface area contributed by atoms with Gasteiger partial charge in [0.1, 0.15) is 0 Å². The Labute approximate surface area is 171 Å². The molecule has 0 spiro atoms. The average molecular weight is 374 g/mol. The molecule has 5 rings (SSSR count). The monoisotopic (exact) mass is 374 g/mol. The van der Waals surface area contributed by atoms with Crippen LogP contribution in [0.2, 0.25) is 0 Å². The molecule has 140 valence electrons. The van der Waals surface area contributed by atoms with E-state index in [4.69, 9.17) is 5.10 Å². The van der Waals surface area contributed by atoms with Crippen LogP contribution in [0, 0.1) is 0 Å². The molecule has 0 bridgehead atoms. The van der Waals surface area contributed by atoms with Gasteiger partial charge in [0, 0.05) is 6.42 Å². The number of allylic oxidation sites excluding steroid dienone is 5. The van der Waals surface area contributed by atoms with Gasteiger partial charge in [0.25, 0.3) is 0 Å². The van der Waals surface area contributed by atoms with Gasteiger partial charge in [-0.3, -0.25) is 5.01 Å². The van der Waals surface area contributed by atoms with E-state index in [9.17, 15) is 0 Å². The van der Waals surface area contributed by atoms with Crippen molar-refractivity contribution in [1.29, 1.82) is 0 Å². The van der Waals surface area contributed by atoms with Crippen molar-refractivity contribution in [3.05, 3.63) is 131 Å². The lowest BCUT2D eigenvalue weighted by molar-refractivity contribution is 0.709. The molecule has 1 atom stereocenters. The Morgan fingerprint density at radius 3 is 2.10 bits per heavy atom. The van der Waals surface area contributed by atoms with E-state index in [1.807, 2.05) is 6.07 Å². The maximum absolute atomic E-state index is 5.03. The van der Waals surface area contributed by atoms with Gasteiger partial charge in [0.2, 0.25) is 0 Å². The van der Waals surface area contributed by atoms with Crippen molar-refractivity contribution in [2.24, 2.45) is 5.10 Å². The van der Waals surface area contributed by atoms with E-state index in [2.05, 4.69) is 114 Å². The lowest BCUT2D eigenvalue weighted by Crippen LogP contribution is -2.18.